The number of hydrogen-bond donors (Lipinski definition) is 0. The van der Waals surface area contributed by atoms with E-state index in [1.54, 1.807) is 12.1 Å². The Balaban J connectivity index is 1.44. The van der Waals surface area contributed by atoms with E-state index in [2.05, 4.69) is 85.1 Å². The Hall–Kier alpha value is -6.27. The van der Waals surface area contributed by atoms with Crippen molar-refractivity contribution in [1.82, 2.24) is 13.4 Å². The van der Waals surface area contributed by atoms with Gasteiger partial charge >= 0.3 is 5.69 Å². The van der Waals surface area contributed by atoms with E-state index in [1.165, 1.54) is 31.1 Å². The third kappa shape index (κ3) is 2.81. The Kier molecular flexibility index (Phi) is 4.50. The van der Waals surface area contributed by atoms with Gasteiger partial charge in [-0.05, 0) is 69.4 Å². The third-order valence-electron chi connectivity index (χ3n) is 11.0. The summed E-state index contributed by atoms with van der Waals surface area (Å²) < 4.78 is 4.71. The number of aromatic nitrogens is 3. The molecule has 0 unspecified atom stereocenters. The minimum Gasteiger partial charge on any atom is -0.309 e. The largest absolute Gasteiger partial charge is 0.343 e. The van der Waals surface area contributed by atoms with E-state index >= 15 is 0 Å². The Bertz CT molecular complexity index is 3270. The molecule has 0 fully saturated rings. The van der Waals surface area contributed by atoms with E-state index in [-0.39, 0.29) is 5.41 Å². The lowest BCUT2D eigenvalue weighted by Gasteiger charge is -2.22. The standard InChI is InChI=1S/C42H25N3O3/c1-42(2)31-17-9-7-12-23(31)28-19-29-24-13-8-10-18-33(24)43(34(29)21-32(28)42)35-20-30-22-11-3-5-15-26(22)39(46)44-37(30)38-36(35)25-14-4-6-16-27(25)40(47)45(38)41(44)48/h3-21H,1-2H3. The van der Waals surface area contributed by atoms with Crippen molar-refractivity contribution in [3.8, 4) is 16.8 Å². The predicted molar refractivity (Wildman–Crippen MR) is 194 cm³/mol. The maximum atomic E-state index is 14.2. The van der Waals surface area contributed by atoms with Crippen molar-refractivity contribution in [2.45, 2.75) is 19.3 Å². The molecule has 6 nitrogen and oxygen atoms in total. The van der Waals surface area contributed by atoms with E-state index in [9.17, 15) is 14.4 Å². The molecule has 226 valence electrons. The number of pyridine rings is 2. The first-order valence-electron chi connectivity index (χ1n) is 16.2. The molecule has 1 aliphatic rings. The average Bonchev–Trinajstić information content (AvgIpc) is 3.69. The normalized spacial score (nSPS) is 14.0. The zero-order chi connectivity index (χ0) is 32.2. The molecule has 4 heterocycles. The van der Waals surface area contributed by atoms with Crippen LogP contribution in [0.2, 0.25) is 0 Å². The number of imidazole rings is 1. The summed E-state index contributed by atoms with van der Waals surface area (Å²) in [6.45, 7) is 4.57. The molecule has 0 amide bonds. The highest BCUT2D eigenvalue weighted by Gasteiger charge is 2.36. The zero-order valence-corrected chi connectivity index (χ0v) is 26.0. The van der Waals surface area contributed by atoms with E-state index in [4.69, 9.17) is 0 Å². The van der Waals surface area contributed by atoms with Crippen LogP contribution >= 0.6 is 0 Å². The van der Waals surface area contributed by atoms with Gasteiger partial charge in [0, 0.05) is 37.7 Å². The summed E-state index contributed by atoms with van der Waals surface area (Å²) in [6.07, 6.45) is 0. The van der Waals surface area contributed by atoms with Gasteiger partial charge in [0.25, 0.3) is 11.1 Å². The molecule has 0 saturated heterocycles. The number of fused-ring (bicyclic) bond motifs is 10. The van der Waals surface area contributed by atoms with Crippen molar-refractivity contribution in [1.29, 1.82) is 0 Å². The maximum Gasteiger partial charge on any atom is 0.343 e. The fourth-order valence-corrected chi connectivity index (χ4v) is 8.86. The predicted octanol–water partition coefficient (Wildman–Crippen LogP) is 8.01. The van der Waals surface area contributed by atoms with Crippen molar-refractivity contribution >= 4 is 65.2 Å². The van der Waals surface area contributed by atoms with Gasteiger partial charge in [-0.2, -0.15) is 0 Å². The number of nitrogens with zero attached hydrogens (tertiary/aromatic N) is 3. The molecule has 0 N–H and O–H groups in total. The fourth-order valence-electron chi connectivity index (χ4n) is 8.86. The van der Waals surface area contributed by atoms with Gasteiger partial charge in [0.05, 0.1) is 27.8 Å². The number of benzene rings is 6. The third-order valence-corrected chi connectivity index (χ3v) is 11.0. The first kappa shape index (κ1) is 25.9. The summed E-state index contributed by atoms with van der Waals surface area (Å²) in [5.41, 5.74) is 7.25. The Labute approximate surface area is 271 Å². The van der Waals surface area contributed by atoms with Gasteiger partial charge in [-0.25, -0.2) is 13.6 Å². The summed E-state index contributed by atoms with van der Waals surface area (Å²) in [5, 5.41) is 6.12. The fraction of sp³-hybridized carbons (Fsp3) is 0.0714. The number of hydrogen-bond acceptors (Lipinski definition) is 3. The van der Waals surface area contributed by atoms with Crippen LogP contribution in [0.1, 0.15) is 25.0 Å². The van der Waals surface area contributed by atoms with E-state index in [0.717, 1.165) is 49.0 Å². The molecule has 0 spiro atoms. The SMILES string of the molecule is CC1(C)c2ccccc2-c2cc3c4ccccc4n(-c4cc5c6ccccc6c(=O)n6c(=O)n7c(=O)c8ccccc8c4c7c56)c3cc21. The molecule has 0 bridgehead atoms. The smallest absolute Gasteiger partial charge is 0.309 e. The lowest BCUT2D eigenvalue weighted by molar-refractivity contribution is 0.661. The van der Waals surface area contributed by atoms with Crippen LogP contribution in [-0.2, 0) is 5.41 Å². The second-order valence-electron chi connectivity index (χ2n) is 13.6. The highest BCUT2D eigenvalue weighted by Crippen LogP contribution is 2.51. The molecule has 0 atom stereocenters. The zero-order valence-electron chi connectivity index (χ0n) is 26.0. The van der Waals surface area contributed by atoms with Crippen molar-refractivity contribution in [3.05, 3.63) is 158 Å². The first-order chi connectivity index (χ1) is 23.4. The van der Waals surface area contributed by atoms with Crippen LogP contribution in [0.15, 0.2) is 130 Å². The molecule has 6 heteroatoms. The Morgan fingerprint density at radius 3 is 1.85 bits per heavy atom. The summed E-state index contributed by atoms with van der Waals surface area (Å²) in [4.78, 5) is 42.2. The molecule has 48 heavy (non-hydrogen) atoms. The van der Waals surface area contributed by atoms with Crippen LogP contribution in [0.5, 0.6) is 0 Å². The van der Waals surface area contributed by atoms with Crippen LogP contribution in [0.25, 0.3) is 82.0 Å². The summed E-state index contributed by atoms with van der Waals surface area (Å²) >= 11 is 0. The Morgan fingerprint density at radius 2 is 1.08 bits per heavy atom. The van der Waals surface area contributed by atoms with Gasteiger partial charge in [-0.15, -0.1) is 0 Å². The highest BCUT2D eigenvalue weighted by atomic mass is 16.2. The van der Waals surface area contributed by atoms with Crippen LogP contribution in [0, 0.1) is 0 Å². The molecule has 0 aliphatic heterocycles. The van der Waals surface area contributed by atoms with Crippen LogP contribution in [0.4, 0.5) is 0 Å². The second kappa shape index (κ2) is 8.35. The minimum absolute atomic E-state index is 0.207. The molecule has 10 aromatic rings. The minimum atomic E-state index is -0.636. The molecule has 11 rings (SSSR count). The number of rotatable bonds is 1. The van der Waals surface area contributed by atoms with Crippen molar-refractivity contribution in [3.63, 3.8) is 0 Å². The molecule has 1 aliphatic carbocycles. The molecule has 4 aromatic heterocycles. The molecule has 6 aromatic carbocycles. The van der Waals surface area contributed by atoms with Crippen molar-refractivity contribution in [2.24, 2.45) is 0 Å². The topological polar surface area (TPSA) is 65.0 Å². The van der Waals surface area contributed by atoms with E-state index in [1.807, 2.05) is 36.4 Å². The van der Waals surface area contributed by atoms with Crippen LogP contribution in [-0.4, -0.2) is 13.4 Å². The van der Waals surface area contributed by atoms with Gasteiger partial charge in [-0.3, -0.25) is 9.59 Å². The molecular formula is C42H25N3O3. The number of para-hydroxylation sites is 1. The van der Waals surface area contributed by atoms with Gasteiger partial charge in [0.1, 0.15) is 0 Å². The first-order valence-corrected chi connectivity index (χ1v) is 16.2. The Morgan fingerprint density at radius 1 is 0.479 bits per heavy atom. The van der Waals surface area contributed by atoms with Gasteiger partial charge in [0.15, 0.2) is 0 Å². The van der Waals surface area contributed by atoms with Crippen LogP contribution < -0.4 is 16.8 Å². The average molecular weight is 620 g/mol. The summed E-state index contributed by atoms with van der Waals surface area (Å²) in [5.74, 6) is 0. The summed E-state index contributed by atoms with van der Waals surface area (Å²) in [7, 11) is 0. The van der Waals surface area contributed by atoms with Crippen LogP contribution in [0.3, 0.4) is 0 Å². The summed E-state index contributed by atoms with van der Waals surface area (Å²) in [6, 6.07) is 38.7. The van der Waals surface area contributed by atoms with E-state index < -0.39 is 16.8 Å². The molecular weight excluding hydrogens is 594 g/mol. The van der Waals surface area contributed by atoms with Gasteiger partial charge < -0.3 is 4.57 Å². The van der Waals surface area contributed by atoms with Gasteiger partial charge in [-0.1, -0.05) is 92.7 Å². The lowest BCUT2D eigenvalue weighted by atomic mass is 9.82. The monoisotopic (exact) mass is 619 g/mol. The van der Waals surface area contributed by atoms with Gasteiger partial charge in [0.2, 0.25) is 0 Å². The van der Waals surface area contributed by atoms with Crippen molar-refractivity contribution < 1.29 is 0 Å². The molecule has 0 radical (unpaired) electrons. The van der Waals surface area contributed by atoms with Crippen molar-refractivity contribution in [2.75, 3.05) is 0 Å². The lowest BCUT2D eigenvalue weighted by Crippen LogP contribution is -2.30. The van der Waals surface area contributed by atoms with E-state index in [0.29, 0.717) is 21.8 Å². The highest BCUT2D eigenvalue weighted by molar-refractivity contribution is 6.24. The molecule has 0 saturated carbocycles. The second-order valence-corrected chi connectivity index (χ2v) is 13.6. The quantitative estimate of drug-likeness (QED) is 0.175. The maximum absolute atomic E-state index is 14.2.